The molecule has 1 aliphatic rings. The fourth-order valence-electron chi connectivity index (χ4n) is 2.48. The van der Waals surface area contributed by atoms with Gasteiger partial charge >= 0.3 is 0 Å². The largest absolute Gasteiger partial charge is 0.502 e. The molecule has 138 valence electrons. The van der Waals surface area contributed by atoms with Crippen LogP contribution in [0.1, 0.15) is 19.8 Å². The van der Waals surface area contributed by atoms with Crippen molar-refractivity contribution in [3.8, 4) is 17.2 Å². The van der Waals surface area contributed by atoms with Gasteiger partial charge in [-0.05, 0) is 31.9 Å². The Morgan fingerprint density at radius 3 is 2.81 bits per heavy atom. The third-order valence-corrected chi connectivity index (χ3v) is 4.42. The molecule has 1 fully saturated rings. The van der Waals surface area contributed by atoms with E-state index in [1.54, 1.807) is 13.0 Å². The van der Waals surface area contributed by atoms with Crippen LogP contribution in [0.4, 0.5) is 15.9 Å². The Morgan fingerprint density at radius 2 is 2.15 bits per heavy atom. The van der Waals surface area contributed by atoms with Crippen LogP contribution in [0.5, 0.6) is 17.2 Å². The van der Waals surface area contributed by atoms with Gasteiger partial charge < -0.3 is 25.6 Å². The second kappa shape index (κ2) is 7.17. The van der Waals surface area contributed by atoms with Gasteiger partial charge in [0.25, 0.3) is 0 Å². The Labute approximate surface area is 149 Å². The van der Waals surface area contributed by atoms with Crippen LogP contribution in [0.25, 0.3) is 0 Å². The number of carbonyl (C=O) groups is 1. The van der Waals surface area contributed by atoms with E-state index >= 15 is 0 Å². The Balaban J connectivity index is 1.56. The van der Waals surface area contributed by atoms with Gasteiger partial charge in [0.2, 0.25) is 5.75 Å². The number of benzene rings is 1. The summed E-state index contributed by atoms with van der Waals surface area (Å²) < 4.78 is 25.0. The fraction of sp³-hybridized carbons (Fsp3) is 0.333. The minimum atomic E-state index is -0.618. The highest BCUT2D eigenvalue weighted by Crippen LogP contribution is 2.46. The lowest BCUT2D eigenvalue weighted by atomic mass is 10.0. The molecule has 0 bridgehead atoms. The summed E-state index contributed by atoms with van der Waals surface area (Å²) in [5.74, 6) is -0.971. The molecule has 4 N–H and O–H groups in total. The molecule has 3 rings (SSSR count). The standard InChI is InChI=1S/C18H20FN3O4/c1-11(23)18(5-6-18)9-25-10-22-12-2-3-14(13(19)8-12)26-15-4-7-21-17(20)16(15)24/h2-4,7-8,22,24H,5-6,9-10H2,1H3,(H2,20,21). The van der Waals surface area contributed by atoms with Crippen molar-refractivity contribution < 1.29 is 23.8 Å². The Hall–Kier alpha value is -2.87. The number of aromatic hydroxyl groups is 1. The number of nitrogens with two attached hydrogens (primary N) is 1. The maximum absolute atomic E-state index is 14.2. The Morgan fingerprint density at radius 1 is 1.38 bits per heavy atom. The summed E-state index contributed by atoms with van der Waals surface area (Å²) in [6.45, 7) is 2.10. The smallest absolute Gasteiger partial charge is 0.201 e. The van der Waals surface area contributed by atoms with Gasteiger partial charge in [0.05, 0.1) is 12.0 Å². The van der Waals surface area contributed by atoms with Crippen molar-refractivity contribution in [1.29, 1.82) is 0 Å². The van der Waals surface area contributed by atoms with E-state index in [0.29, 0.717) is 12.3 Å². The van der Waals surface area contributed by atoms with Crippen LogP contribution in [0.15, 0.2) is 30.5 Å². The second-order valence-electron chi connectivity index (χ2n) is 6.30. The van der Waals surface area contributed by atoms with E-state index in [1.807, 2.05) is 0 Å². The number of pyridine rings is 1. The molecule has 0 saturated heterocycles. The lowest BCUT2D eigenvalue weighted by Gasteiger charge is -2.14. The topological polar surface area (TPSA) is 107 Å². The average Bonchev–Trinajstić information content (AvgIpc) is 3.39. The molecule has 0 spiro atoms. The number of nitrogen functional groups attached to an aromatic ring is 1. The van der Waals surface area contributed by atoms with Gasteiger partial charge in [-0.2, -0.15) is 0 Å². The van der Waals surface area contributed by atoms with Gasteiger partial charge in [-0.3, -0.25) is 4.79 Å². The minimum absolute atomic E-state index is 0.0133. The molecule has 0 unspecified atom stereocenters. The number of anilines is 2. The molecule has 8 heteroatoms. The summed E-state index contributed by atoms with van der Waals surface area (Å²) in [6.07, 6.45) is 3.06. The summed E-state index contributed by atoms with van der Waals surface area (Å²) >= 11 is 0. The number of nitrogens with zero attached hydrogens (tertiary/aromatic N) is 1. The zero-order chi connectivity index (χ0) is 18.7. The normalized spacial score (nSPS) is 14.7. The lowest BCUT2D eigenvalue weighted by Crippen LogP contribution is -2.21. The predicted molar refractivity (Wildman–Crippen MR) is 93.6 cm³/mol. The van der Waals surface area contributed by atoms with Crippen molar-refractivity contribution in [3.05, 3.63) is 36.3 Å². The first kappa shape index (κ1) is 17.9. The maximum atomic E-state index is 14.2. The third kappa shape index (κ3) is 3.85. The number of Topliss-reactive ketones (excluding diaryl/α,β-unsaturated/α-hetero) is 1. The van der Waals surface area contributed by atoms with E-state index in [-0.39, 0.29) is 41.0 Å². The van der Waals surface area contributed by atoms with Crippen LogP contribution in [0, 0.1) is 11.2 Å². The molecule has 1 saturated carbocycles. The molecule has 1 aliphatic carbocycles. The molecule has 0 radical (unpaired) electrons. The molecule has 2 aromatic rings. The van der Waals surface area contributed by atoms with Crippen LogP contribution in [-0.2, 0) is 9.53 Å². The average molecular weight is 361 g/mol. The van der Waals surface area contributed by atoms with Gasteiger partial charge in [0.15, 0.2) is 23.1 Å². The summed E-state index contributed by atoms with van der Waals surface area (Å²) in [5.41, 5.74) is 5.66. The van der Waals surface area contributed by atoms with E-state index in [9.17, 15) is 14.3 Å². The fourth-order valence-corrected chi connectivity index (χ4v) is 2.48. The molecule has 1 heterocycles. The molecule has 26 heavy (non-hydrogen) atoms. The Kier molecular flexibility index (Phi) is 4.94. The highest BCUT2D eigenvalue weighted by Gasteiger charge is 2.47. The minimum Gasteiger partial charge on any atom is -0.502 e. The van der Waals surface area contributed by atoms with Gasteiger partial charge in [-0.25, -0.2) is 9.37 Å². The zero-order valence-electron chi connectivity index (χ0n) is 14.3. The molecule has 0 atom stereocenters. The van der Waals surface area contributed by atoms with E-state index < -0.39 is 5.82 Å². The van der Waals surface area contributed by atoms with Crippen molar-refractivity contribution in [3.63, 3.8) is 0 Å². The SMILES string of the molecule is CC(=O)C1(COCNc2ccc(Oc3ccnc(N)c3O)c(F)c2)CC1. The number of nitrogens with one attached hydrogen (secondary N) is 1. The molecule has 0 amide bonds. The monoisotopic (exact) mass is 361 g/mol. The van der Waals surface area contributed by atoms with Crippen LogP contribution in [0.3, 0.4) is 0 Å². The molecule has 1 aromatic carbocycles. The maximum Gasteiger partial charge on any atom is 0.201 e. The van der Waals surface area contributed by atoms with Crippen molar-refractivity contribution in [1.82, 2.24) is 4.98 Å². The first-order chi connectivity index (χ1) is 12.4. The van der Waals surface area contributed by atoms with Gasteiger partial charge in [-0.15, -0.1) is 0 Å². The number of rotatable bonds is 8. The number of ketones is 1. The van der Waals surface area contributed by atoms with Gasteiger partial charge in [-0.1, -0.05) is 0 Å². The first-order valence-electron chi connectivity index (χ1n) is 8.15. The van der Waals surface area contributed by atoms with E-state index in [1.165, 1.54) is 24.4 Å². The van der Waals surface area contributed by atoms with Crippen molar-refractivity contribution in [2.24, 2.45) is 5.41 Å². The number of ether oxygens (including phenoxy) is 2. The summed E-state index contributed by atoms with van der Waals surface area (Å²) in [7, 11) is 0. The molecule has 0 aliphatic heterocycles. The van der Waals surface area contributed by atoms with Crippen LogP contribution in [-0.4, -0.2) is 29.2 Å². The molecular formula is C18H20FN3O4. The van der Waals surface area contributed by atoms with Crippen LogP contribution < -0.4 is 15.8 Å². The number of hydrogen-bond acceptors (Lipinski definition) is 7. The zero-order valence-corrected chi connectivity index (χ0v) is 14.3. The quantitative estimate of drug-likeness (QED) is 0.490. The van der Waals surface area contributed by atoms with Crippen molar-refractivity contribution >= 4 is 17.3 Å². The Bertz CT molecular complexity index is 824. The van der Waals surface area contributed by atoms with Crippen molar-refractivity contribution in [2.45, 2.75) is 19.8 Å². The highest BCUT2D eigenvalue weighted by atomic mass is 19.1. The molecular weight excluding hydrogens is 341 g/mol. The van der Waals surface area contributed by atoms with Gasteiger partial charge in [0.1, 0.15) is 12.5 Å². The van der Waals surface area contributed by atoms with Crippen molar-refractivity contribution in [2.75, 3.05) is 24.4 Å². The van der Waals surface area contributed by atoms with E-state index in [4.69, 9.17) is 15.2 Å². The molecule has 1 aromatic heterocycles. The lowest BCUT2D eigenvalue weighted by molar-refractivity contribution is -0.124. The van der Waals surface area contributed by atoms with Crippen LogP contribution in [0.2, 0.25) is 0 Å². The van der Waals surface area contributed by atoms with Crippen LogP contribution >= 0.6 is 0 Å². The van der Waals surface area contributed by atoms with E-state index in [2.05, 4.69) is 10.3 Å². The third-order valence-electron chi connectivity index (χ3n) is 4.42. The molecule has 7 nitrogen and oxygen atoms in total. The highest BCUT2D eigenvalue weighted by molar-refractivity contribution is 5.85. The number of hydrogen-bond donors (Lipinski definition) is 3. The predicted octanol–water partition coefficient (Wildman–Crippen LogP) is 3.06. The summed E-state index contributed by atoms with van der Waals surface area (Å²) in [5, 5.41) is 12.7. The second-order valence-corrected chi connectivity index (χ2v) is 6.30. The number of aromatic nitrogens is 1. The number of halogens is 1. The number of carbonyl (C=O) groups excluding carboxylic acids is 1. The van der Waals surface area contributed by atoms with Gasteiger partial charge in [0, 0.05) is 24.0 Å². The first-order valence-corrected chi connectivity index (χ1v) is 8.15. The summed E-state index contributed by atoms with van der Waals surface area (Å²) in [6, 6.07) is 5.67. The summed E-state index contributed by atoms with van der Waals surface area (Å²) in [4.78, 5) is 15.2. The van der Waals surface area contributed by atoms with E-state index in [0.717, 1.165) is 12.8 Å².